The fraction of sp³-hybridized carbons (Fsp3) is 0.222. The van der Waals surface area contributed by atoms with Crippen LogP contribution in [0, 0.1) is 17.0 Å². The monoisotopic (exact) mass is 357 g/mol. The average Bonchev–Trinajstić information content (AvgIpc) is 2.60. The molecular formula is C18H19N3O3S. The quantitative estimate of drug-likeness (QED) is 0.465. The van der Waals surface area contributed by atoms with Crippen molar-refractivity contribution in [3.05, 3.63) is 75.3 Å². The van der Waals surface area contributed by atoms with Crippen molar-refractivity contribution < 1.29 is 9.72 Å². The van der Waals surface area contributed by atoms with E-state index in [9.17, 15) is 14.9 Å². The van der Waals surface area contributed by atoms with E-state index in [4.69, 9.17) is 0 Å². The van der Waals surface area contributed by atoms with E-state index in [1.807, 2.05) is 38.1 Å². The topological polar surface area (TPSA) is 84.6 Å². The van der Waals surface area contributed by atoms with Gasteiger partial charge >= 0.3 is 0 Å². The molecule has 2 rings (SSSR count). The Hall–Kier alpha value is -2.67. The fourth-order valence-corrected chi connectivity index (χ4v) is 2.79. The number of nitrogens with zero attached hydrogens (tertiary/aromatic N) is 2. The molecule has 2 aromatic carbocycles. The van der Waals surface area contributed by atoms with Crippen LogP contribution in [0.4, 0.5) is 5.69 Å². The third-order valence-corrected chi connectivity index (χ3v) is 4.47. The predicted octanol–water partition coefficient (Wildman–Crippen LogP) is 3.68. The number of thioether (sulfide) groups is 1. The smallest absolute Gasteiger partial charge is 0.269 e. The zero-order valence-corrected chi connectivity index (χ0v) is 14.9. The Bertz CT molecular complexity index is 771. The van der Waals surface area contributed by atoms with E-state index >= 15 is 0 Å². The van der Waals surface area contributed by atoms with E-state index in [2.05, 4.69) is 10.5 Å². The molecule has 0 aliphatic heterocycles. The SMILES string of the molecule is C/C(=N/NC(=O)CSCc1ccc([N+](=O)[O-])cc1)c1ccc(C)cc1. The number of amides is 1. The second kappa shape index (κ2) is 8.98. The summed E-state index contributed by atoms with van der Waals surface area (Å²) in [7, 11) is 0. The molecule has 0 aliphatic carbocycles. The number of hydrogen-bond donors (Lipinski definition) is 1. The predicted molar refractivity (Wildman–Crippen MR) is 101 cm³/mol. The number of hydrazone groups is 1. The molecule has 2 aromatic rings. The number of nitro groups is 1. The zero-order chi connectivity index (χ0) is 18.2. The number of aryl methyl sites for hydroxylation is 1. The minimum Gasteiger partial charge on any atom is -0.272 e. The van der Waals surface area contributed by atoms with Crippen LogP contribution in [0.2, 0.25) is 0 Å². The van der Waals surface area contributed by atoms with Crippen LogP contribution >= 0.6 is 11.8 Å². The van der Waals surface area contributed by atoms with E-state index in [1.54, 1.807) is 12.1 Å². The molecule has 130 valence electrons. The summed E-state index contributed by atoms with van der Waals surface area (Å²) in [6, 6.07) is 14.2. The van der Waals surface area contributed by atoms with E-state index in [0.717, 1.165) is 16.8 Å². The van der Waals surface area contributed by atoms with Crippen molar-refractivity contribution in [1.29, 1.82) is 0 Å². The second-order valence-electron chi connectivity index (χ2n) is 5.51. The lowest BCUT2D eigenvalue weighted by Gasteiger charge is -2.04. The van der Waals surface area contributed by atoms with Crippen LogP contribution in [0.15, 0.2) is 53.6 Å². The van der Waals surface area contributed by atoms with E-state index in [1.165, 1.54) is 29.5 Å². The lowest BCUT2D eigenvalue weighted by molar-refractivity contribution is -0.384. The number of hydrogen-bond acceptors (Lipinski definition) is 5. The van der Waals surface area contributed by atoms with Gasteiger partial charge in [-0.3, -0.25) is 14.9 Å². The minimum atomic E-state index is -0.432. The van der Waals surface area contributed by atoms with Gasteiger partial charge in [-0.1, -0.05) is 42.0 Å². The Labute approximate surface area is 150 Å². The van der Waals surface area contributed by atoms with Crippen molar-refractivity contribution in [2.24, 2.45) is 5.10 Å². The van der Waals surface area contributed by atoms with E-state index in [-0.39, 0.29) is 17.3 Å². The number of nitro benzene ring substituents is 1. The number of non-ortho nitro benzene ring substituents is 1. The van der Waals surface area contributed by atoms with Crippen LogP contribution in [0.25, 0.3) is 0 Å². The van der Waals surface area contributed by atoms with Gasteiger partial charge in [-0.2, -0.15) is 5.10 Å². The summed E-state index contributed by atoms with van der Waals surface area (Å²) in [6.07, 6.45) is 0. The number of carbonyl (C=O) groups excluding carboxylic acids is 1. The van der Waals surface area contributed by atoms with Crippen LogP contribution in [0.5, 0.6) is 0 Å². The molecule has 0 unspecified atom stereocenters. The maximum Gasteiger partial charge on any atom is 0.269 e. The van der Waals surface area contributed by atoms with E-state index < -0.39 is 4.92 Å². The molecule has 0 saturated carbocycles. The molecule has 1 amide bonds. The first-order valence-corrected chi connectivity index (χ1v) is 8.82. The summed E-state index contributed by atoms with van der Waals surface area (Å²) in [5.74, 6) is 0.687. The molecule has 6 nitrogen and oxygen atoms in total. The second-order valence-corrected chi connectivity index (χ2v) is 6.50. The molecule has 0 bridgehead atoms. The van der Waals surface area contributed by atoms with Crippen LogP contribution in [0.3, 0.4) is 0 Å². The third-order valence-electron chi connectivity index (χ3n) is 3.47. The van der Waals surface area contributed by atoms with Crippen LogP contribution in [0.1, 0.15) is 23.6 Å². The van der Waals surface area contributed by atoms with Gasteiger partial charge in [0.05, 0.1) is 16.4 Å². The van der Waals surface area contributed by atoms with Gasteiger partial charge in [-0.15, -0.1) is 11.8 Å². The van der Waals surface area contributed by atoms with Crippen molar-refractivity contribution in [3.8, 4) is 0 Å². The first-order valence-electron chi connectivity index (χ1n) is 7.67. The number of nitrogens with one attached hydrogen (secondary N) is 1. The van der Waals surface area contributed by atoms with Gasteiger partial charge in [0.15, 0.2) is 0 Å². The molecule has 0 spiro atoms. The minimum absolute atomic E-state index is 0.0624. The molecule has 7 heteroatoms. The summed E-state index contributed by atoms with van der Waals surface area (Å²) in [6.45, 7) is 3.86. The summed E-state index contributed by atoms with van der Waals surface area (Å²) < 4.78 is 0. The zero-order valence-electron chi connectivity index (χ0n) is 14.1. The Balaban J connectivity index is 1.77. The van der Waals surface area contributed by atoms with E-state index in [0.29, 0.717) is 5.75 Å². The van der Waals surface area contributed by atoms with Gasteiger partial charge in [-0.05, 0) is 25.0 Å². The normalized spacial score (nSPS) is 11.2. The largest absolute Gasteiger partial charge is 0.272 e. The van der Waals surface area contributed by atoms with Crippen LogP contribution in [-0.2, 0) is 10.5 Å². The summed E-state index contributed by atoms with van der Waals surface area (Å²) in [5, 5.41) is 14.7. The first kappa shape index (κ1) is 18.7. The van der Waals surface area contributed by atoms with Crippen LogP contribution in [-0.4, -0.2) is 22.3 Å². The molecule has 0 heterocycles. The molecule has 0 aliphatic rings. The molecule has 0 saturated heterocycles. The highest BCUT2D eigenvalue weighted by Crippen LogP contribution is 2.16. The number of benzene rings is 2. The highest BCUT2D eigenvalue weighted by Gasteiger charge is 2.05. The van der Waals surface area contributed by atoms with Crippen molar-refractivity contribution in [3.63, 3.8) is 0 Å². The first-order chi connectivity index (χ1) is 12.0. The summed E-state index contributed by atoms with van der Waals surface area (Å²) >= 11 is 1.43. The van der Waals surface area contributed by atoms with Gasteiger partial charge in [0, 0.05) is 17.9 Å². The molecule has 0 radical (unpaired) electrons. The van der Waals surface area contributed by atoms with Crippen molar-refractivity contribution >= 4 is 29.1 Å². The lowest BCUT2D eigenvalue weighted by atomic mass is 10.1. The number of carbonyl (C=O) groups is 1. The maximum atomic E-state index is 11.8. The Morgan fingerprint density at radius 2 is 1.80 bits per heavy atom. The highest BCUT2D eigenvalue weighted by molar-refractivity contribution is 7.99. The molecular weight excluding hydrogens is 338 g/mol. The van der Waals surface area contributed by atoms with Gasteiger partial charge < -0.3 is 0 Å². The Morgan fingerprint density at radius 3 is 2.40 bits per heavy atom. The van der Waals surface area contributed by atoms with Crippen molar-refractivity contribution in [2.45, 2.75) is 19.6 Å². The van der Waals surface area contributed by atoms with Gasteiger partial charge in [0.1, 0.15) is 0 Å². The molecule has 1 N–H and O–H groups in total. The molecule has 0 aromatic heterocycles. The Morgan fingerprint density at radius 1 is 1.16 bits per heavy atom. The molecule has 0 atom stereocenters. The van der Waals surface area contributed by atoms with Gasteiger partial charge in [-0.25, -0.2) is 5.43 Å². The van der Waals surface area contributed by atoms with Gasteiger partial charge in [0.2, 0.25) is 5.91 Å². The highest BCUT2D eigenvalue weighted by atomic mass is 32.2. The third kappa shape index (κ3) is 6.04. The maximum absolute atomic E-state index is 11.8. The number of rotatable bonds is 7. The molecule has 25 heavy (non-hydrogen) atoms. The van der Waals surface area contributed by atoms with Crippen molar-refractivity contribution in [1.82, 2.24) is 5.43 Å². The van der Waals surface area contributed by atoms with Gasteiger partial charge in [0.25, 0.3) is 5.69 Å². The lowest BCUT2D eigenvalue weighted by Crippen LogP contribution is -2.21. The average molecular weight is 357 g/mol. The summed E-state index contributed by atoms with van der Waals surface area (Å²) in [4.78, 5) is 22.0. The van der Waals surface area contributed by atoms with Crippen molar-refractivity contribution in [2.75, 3.05) is 5.75 Å². The van der Waals surface area contributed by atoms with Crippen LogP contribution < -0.4 is 5.43 Å². The fourth-order valence-electron chi connectivity index (χ4n) is 2.01. The standard InChI is InChI=1S/C18H19N3O3S/c1-13-3-7-16(8-4-13)14(2)19-20-18(22)12-25-11-15-5-9-17(10-6-15)21(23)24/h3-10H,11-12H2,1-2H3,(H,20,22)/b19-14-. The Kier molecular flexibility index (Phi) is 6.71. The molecule has 0 fully saturated rings. The summed E-state index contributed by atoms with van der Waals surface area (Å²) in [5.41, 5.74) is 6.42.